The number of hydrogen-bond acceptors (Lipinski definition) is 9. The molecule has 0 aliphatic carbocycles. The first kappa shape index (κ1) is 23.8. The first-order chi connectivity index (χ1) is 17.5. The van der Waals surface area contributed by atoms with Crippen LogP contribution in [0, 0.1) is 0 Å². The van der Waals surface area contributed by atoms with E-state index in [1.54, 1.807) is 30.3 Å². The Morgan fingerprint density at radius 2 is 1.89 bits per heavy atom. The van der Waals surface area contributed by atoms with Crippen LogP contribution in [-0.4, -0.2) is 69.1 Å². The van der Waals surface area contributed by atoms with Crippen molar-refractivity contribution in [2.45, 2.75) is 25.0 Å². The number of aliphatic hydroxyl groups excluding tert-OH is 1. The maximum Gasteiger partial charge on any atom is 0.295 e. The molecule has 0 aromatic heterocycles. The maximum absolute atomic E-state index is 13.4. The van der Waals surface area contributed by atoms with Gasteiger partial charge in [0.25, 0.3) is 11.7 Å². The number of carbonyl (C=O) groups is 2. The molecular formula is C26H27NO9. The summed E-state index contributed by atoms with van der Waals surface area (Å²) in [4.78, 5) is 28.2. The number of aliphatic hydroxyl groups is 1. The number of amides is 1. The van der Waals surface area contributed by atoms with Crippen molar-refractivity contribution in [3.05, 3.63) is 47.0 Å². The van der Waals surface area contributed by atoms with E-state index in [4.69, 9.17) is 28.4 Å². The molecule has 36 heavy (non-hydrogen) atoms. The van der Waals surface area contributed by atoms with Crippen LogP contribution >= 0.6 is 0 Å². The molecule has 1 amide bonds. The Bertz CT molecular complexity index is 1230. The maximum atomic E-state index is 13.4. The van der Waals surface area contributed by atoms with Crippen molar-refractivity contribution < 1.29 is 43.1 Å². The third-order valence-electron chi connectivity index (χ3n) is 6.62. The number of ether oxygens (including phenoxy) is 6. The molecule has 2 atom stereocenters. The van der Waals surface area contributed by atoms with E-state index in [2.05, 4.69) is 0 Å². The highest BCUT2D eigenvalue weighted by Gasteiger charge is 2.49. The predicted octanol–water partition coefficient (Wildman–Crippen LogP) is 3.04. The number of likely N-dealkylation sites (tertiary alicyclic amines) is 1. The number of carbonyl (C=O) groups excluding carboxylic acids is 2. The van der Waals surface area contributed by atoms with Crippen molar-refractivity contribution in [1.82, 2.24) is 4.90 Å². The molecule has 2 fully saturated rings. The second kappa shape index (κ2) is 9.62. The van der Waals surface area contributed by atoms with Gasteiger partial charge in [-0.2, -0.15) is 0 Å². The molecule has 0 unspecified atom stereocenters. The number of rotatable bonds is 7. The monoisotopic (exact) mass is 497 g/mol. The first-order valence-electron chi connectivity index (χ1n) is 11.6. The van der Waals surface area contributed by atoms with Crippen molar-refractivity contribution in [2.24, 2.45) is 0 Å². The zero-order chi connectivity index (χ0) is 25.4. The number of nitrogens with zero attached hydrogens (tertiary/aromatic N) is 1. The minimum absolute atomic E-state index is 0.0363. The third-order valence-corrected chi connectivity index (χ3v) is 6.62. The Morgan fingerprint density at radius 3 is 2.58 bits per heavy atom. The summed E-state index contributed by atoms with van der Waals surface area (Å²) >= 11 is 0. The van der Waals surface area contributed by atoms with Gasteiger partial charge in [-0.1, -0.05) is 12.1 Å². The number of fused-ring (bicyclic) bond motifs is 1. The van der Waals surface area contributed by atoms with Crippen molar-refractivity contribution in [3.63, 3.8) is 0 Å². The second-order valence-electron chi connectivity index (χ2n) is 8.58. The Hall–Kier alpha value is -3.92. The lowest BCUT2D eigenvalue weighted by atomic mass is 9.93. The van der Waals surface area contributed by atoms with Crippen LogP contribution in [-0.2, 0) is 14.3 Å². The van der Waals surface area contributed by atoms with E-state index in [0.29, 0.717) is 40.7 Å². The Balaban J connectivity index is 1.73. The van der Waals surface area contributed by atoms with Gasteiger partial charge in [0.1, 0.15) is 11.5 Å². The summed E-state index contributed by atoms with van der Waals surface area (Å²) in [5, 5.41) is 11.4. The van der Waals surface area contributed by atoms with Crippen LogP contribution in [0.2, 0.25) is 0 Å². The van der Waals surface area contributed by atoms with Gasteiger partial charge in [0.2, 0.25) is 18.3 Å². The zero-order valence-corrected chi connectivity index (χ0v) is 20.2. The molecule has 5 rings (SSSR count). The number of Topliss-reactive ketones (excluding diaryl/α,β-unsaturated/α-hetero) is 1. The van der Waals surface area contributed by atoms with Crippen LogP contribution < -0.4 is 23.7 Å². The third kappa shape index (κ3) is 3.87. The summed E-state index contributed by atoms with van der Waals surface area (Å²) < 4.78 is 33.5. The summed E-state index contributed by atoms with van der Waals surface area (Å²) in [6.45, 7) is 0.722. The van der Waals surface area contributed by atoms with E-state index in [1.165, 1.54) is 26.2 Å². The Labute approximate surface area is 207 Å². The van der Waals surface area contributed by atoms with Gasteiger partial charge >= 0.3 is 0 Å². The molecule has 0 radical (unpaired) electrons. The fourth-order valence-electron chi connectivity index (χ4n) is 4.92. The van der Waals surface area contributed by atoms with Gasteiger partial charge in [-0.15, -0.1) is 0 Å². The molecule has 3 aliphatic heterocycles. The zero-order valence-electron chi connectivity index (χ0n) is 20.2. The smallest absolute Gasteiger partial charge is 0.295 e. The Morgan fingerprint density at radius 1 is 1.08 bits per heavy atom. The summed E-state index contributed by atoms with van der Waals surface area (Å²) in [5.74, 6) is -0.0858. The molecule has 0 saturated carbocycles. The van der Waals surface area contributed by atoms with Crippen molar-refractivity contribution in [1.29, 1.82) is 0 Å². The molecule has 2 aromatic rings. The average Bonchev–Trinajstić information content (AvgIpc) is 3.65. The van der Waals surface area contributed by atoms with Gasteiger partial charge < -0.3 is 38.4 Å². The molecular weight excluding hydrogens is 470 g/mol. The van der Waals surface area contributed by atoms with Crippen LogP contribution in [0.15, 0.2) is 35.9 Å². The predicted molar refractivity (Wildman–Crippen MR) is 127 cm³/mol. The molecule has 1 N–H and O–H groups in total. The topological polar surface area (TPSA) is 113 Å². The van der Waals surface area contributed by atoms with Gasteiger partial charge in [-0.25, -0.2) is 0 Å². The van der Waals surface area contributed by atoms with E-state index < -0.39 is 17.7 Å². The highest BCUT2D eigenvalue weighted by molar-refractivity contribution is 6.46. The second-order valence-corrected chi connectivity index (χ2v) is 8.58. The van der Waals surface area contributed by atoms with E-state index in [0.717, 1.165) is 12.8 Å². The molecule has 10 nitrogen and oxygen atoms in total. The summed E-state index contributed by atoms with van der Waals surface area (Å²) in [6.07, 6.45) is 1.39. The molecule has 0 bridgehead atoms. The van der Waals surface area contributed by atoms with E-state index >= 15 is 0 Å². The van der Waals surface area contributed by atoms with Crippen LogP contribution in [0.4, 0.5) is 0 Å². The molecule has 2 saturated heterocycles. The lowest BCUT2D eigenvalue weighted by Crippen LogP contribution is -2.36. The number of methoxy groups -OCH3 is 3. The largest absolute Gasteiger partial charge is 0.507 e. The fourth-order valence-corrected chi connectivity index (χ4v) is 4.92. The van der Waals surface area contributed by atoms with E-state index in [9.17, 15) is 14.7 Å². The van der Waals surface area contributed by atoms with Crippen LogP contribution in [0.3, 0.4) is 0 Å². The van der Waals surface area contributed by atoms with Crippen molar-refractivity contribution >= 4 is 17.4 Å². The van der Waals surface area contributed by atoms with Crippen LogP contribution in [0.1, 0.15) is 30.0 Å². The Kier molecular flexibility index (Phi) is 6.36. The molecule has 3 heterocycles. The van der Waals surface area contributed by atoms with E-state index in [1.807, 2.05) is 0 Å². The minimum Gasteiger partial charge on any atom is -0.507 e. The number of hydrogen-bond donors (Lipinski definition) is 1. The SMILES string of the molecule is COc1cccc(C(O)=C2C(=O)C(=O)N(C[C@H]3CCCO3)[C@@H]2c2cc(OC)c3c(c2OC)OCO3)c1. The van der Waals surface area contributed by atoms with Crippen LogP contribution in [0.5, 0.6) is 28.7 Å². The minimum atomic E-state index is -0.987. The normalized spacial score (nSPS) is 22.2. The molecule has 10 heteroatoms. The van der Waals surface area contributed by atoms with Crippen molar-refractivity contribution in [3.8, 4) is 28.7 Å². The standard InChI is InChI=1S/C26H27NO9/c1-31-15-7-4-6-14(10-15)21(28)19-20(27(26(30)22(19)29)12-16-8-5-9-34-16)17-11-18(32-2)24-25(23(17)33-3)36-13-35-24/h4,6-7,10-11,16,20,28H,5,8-9,12-13H2,1-3H3/t16-,20-/m1/s1. The van der Waals surface area contributed by atoms with E-state index in [-0.39, 0.29) is 36.5 Å². The van der Waals surface area contributed by atoms with Gasteiger partial charge in [-0.05, 0) is 31.0 Å². The number of ketones is 1. The average molecular weight is 498 g/mol. The highest BCUT2D eigenvalue weighted by atomic mass is 16.7. The fraction of sp³-hybridized carbons (Fsp3) is 0.385. The highest BCUT2D eigenvalue weighted by Crippen LogP contribution is 2.54. The van der Waals surface area contributed by atoms with Gasteiger partial charge in [0, 0.05) is 24.3 Å². The quantitative estimate of drug-likeness (QED) is 0.350. The molecule has 3 aliphatic rings. The number of benzene rings is 2. The molecule has 0 spiro atoms. The summed E-state index contributed by atoms with van der Waals surface area (Å²) in [5.41, 5.74) is 0.673. The van der Waals surface area contributed by atoms with Crippen LogP contribution in [0.25, 0.3) is 5.76 Å². The lowest BCUT2D eigenvalue weighted by molar-refractivity contribution is -0.140. The summed E-state index contributed by atoms with van der Waals surface area (Å²) in [7, 11) is 4.44. The first-order valence-corrected chi connectivity index (χ1v) is 11.6. The molecule has 2 aromatic carbocycles. The van der Waals surface area contributed by atoms with Gasteiger partial charge in [-0.3, -0.25) is 9.59 Å². The molecule has 190 valence electrons. The lowest BCUT2D eigenvalue weighted by Gasteiger charge is -2.29. The van der Waals surface area contributed by atoms with Gasteiger partial charge in [0.05, 0.1) is 39.0 Å². The van der Waals surface area contributed by atoms with Gasteiger partial charge in [0.15, 0.2) is 11.5 Å². The summed E-state index contributed by atoms with van der Waals surface area (Å²) in [6, 6.07) is 7.30. The van der Waals surface area contributed by atoms with Crippen molar-refractivity contribution in [2.75, 3.05) is 41.3 Å².